The van der Waals surface area contributed by atoms with E-state index < -0.39 is 10.0 Å². The summed E-state index contributed by atoms with van der Waals surface area (Å²) in [7, 11) is -1.95. The molecule has 206 valence electrons. The van der Waals surface area contributed by atoms with Gasteiger partial charge in [0.05, 0.1) is 17.2 Å². The van der Waals surface area contributed by atoms with Gasteiger partial charge in [-0.25, -0.2) is 8.42 Å². The Kier molecular flexibility index (Phi) is 9.13. The van der Waals surface area contributed by atoms with Crippen LogP contribution in [0.25, 0.3) is 22.4 Å². The number of aryl methyl sites for hydroxylation is 1. The van der Waals surface area contributed by atoms with Crippen LogP contribution in [0.4, 0.5) is 5.82 Å². The maximum Gasteiger partial charge on any atom is 0.255 e. The Morgan fingerprint density at radius 1 is 1.05 bits per heavy atom. The highest BCUT2D eigenvalue weighted by Crippen LogP contribution is 2.46. The van der Waals surface area contributed by atoms with E-state index in [1.807, 2.05) is 37.3 Å². The van der Waals surface area contributed by atoms with Gasteiger partial charge in [0.15, 0.2) is 0 Å². The van der Waals surface area contributed by atoms with Crippen LogP contribution in [0.15, 0.2) is 34.7 Å². The van der Waals surface area contributed by atoms with Gasteiger partial charge in [0.25, 0.3) is 5.91 Å². The Morgan fingerprint density at radius 2 is 1.68 bits per heavy atom. The van der Waals surface area contributed by atoms with Crippen LogP contribution in [0.5, 0.6) is 0 Å². The molecule has 1 aliphatic carbocycles. The molecule has 2 aromatic heterocycles. The average molecular weight is 540 g/mol. The molecule has 4 rings (SSSR count). The van der Waals surface area contributed by atoms with E-state index in [9.17, 15) is 13.2 Å². The normalized spacial score (nSPS) is 13.7. The first-order valence-corrected chi connectivity index (χ1v) is 15.8. The van der Waals surface area contributed by atoms with Crippen LogP contribution in [0, 0.1) is 6.92 Å². The minimum absolute atomic E-state index is 0.236. The number of furan rings is 1. The molecule has 1 aromatic carbocycles. The highest BCUT2D eigenvalue weighted by Gasteiger charge is 2.34. The molecule has 2 heterocycles. The van der Waals surface area contributed by atoms with E-state index in [0.717, 1.165) is 48.8 Å². The molecule has 0 saturated heterocycles. The first kappa shape index (κ1) is 28.1. The van der Waals surface area contributed by atoms with Crippen molar-refractivity contribution >= 4 is 32.8 Å². The zero-order valence-electron chi connectivity index (χ0n) is 23.2. The highest BCUT2D eigenvalue weighted by atomic mass is 32.2. The van der Waals surface area contributed by atoms with Gasteiger partial charge in [0.1, 0.15) is 11.6 Å². The molecule has 8 heteroatoms. The number of aromatic nitrogens is 1. The summed E-state index contributed by atoms with van der Waals surface area (Å²) in [6, 6.07) is 9.73. The fourth-order valence-corrected chi connectivity index (χ4v) is 5.92. The molecule has 0 aliphatic heterocycles. The number of fused-ring (bicyclic) bond motifs is 1. The number of carbonyl (C=O) groups excluding carboxylic acids is 1. The zero-order valence-corrected chi connectivity index (χ0v) is 24.0. The number of amides is 1. The first-order valence-electron chi connectivity index (χ1n) is 14.0. The van der Waals surface area contributed by atoms with Crippen molar-refractivity contribution in [2.24, 2.45) is 0 Å². The molecule has 0 atom stereocenters. The Labute approximate surface area is 227 Å². The van der Waals surface area contributed by atoms with E-state index >= 15 is 0 Å². The molecular formula is C30H41N3O4S. The van der Waals surface area contributed by atoms with Gasteiger partial charge in [0, 0.05) is 19.2 Å². The summed E-state index contributed by atoms with van der Waals surface area (Å²) in [4.78, 5) is 17.8. The lowest BCUT2D eigenvalue weighted by atomic mass is 10.0. The quantitative estimate of drug-likeness (QED) is 0.224. The molecule has 1 aliphatic rings. The number of pyridine rings is 1. The summed E-state index contributed by atoms with van der Waals surface area (Å²) in [6.07, 6.45) is 12.3. The molecule has 1 saturated carbocycles. The lowest BCUT2D eigenvalue weighted by molar-refractivity contribution is 0.0964. The lowest BCUT2D eigenvalue weighted by Gasteiger charge is -2.24. The molecule has 3 aromatic rings. The minimum atomic E-state index is -3.55. The van der Waals surface area contributed by atoms with Gasteiger partial charge in [-0.05, 0) is 43.7 Å². The van der Waals surface area contributed by atoms with Gasteiger partial charge in [0.2, 0.25) is 15.7 Å². The summed E-state index contributed by atoms with van der Waals surface area (Å²) >= 11 is 0. The maximum absolute atomic E-state index is 13.0. The van der Waals surface area contributed by atoms with E-state index in [2.05, 4.69) is 12.2 Å². The number of sulfonamides is 1. The summed E-state index contributed by atoms with van der Waals surface area (Å²) in [5.41, 5.74) is 3.47. The molecule has 0 spiro atoms. The fraction of sp³-hybridized carbons (Fsp3) is 0.533. The van der Waals surface area contributed by atoms with Crippen molar-refractivity contribution in [1.82, 2.24) is 10.3 Å². The summed E-state index contributed by atoms with van der Waals surface area (Å²) in [5.74, 6) is 0.868. The predicted molar refractivity (Wildman–Crippen MR) is 154 cm³/mol. The van der Waals surface area contributed by atoms with Crippen molar-refractivity contribution in [3.8, 4) is 11.3 Å². The van der Waals surface area contributed by atoms with Crippen molar-refractivity contribution in [2.45, 2.75) is 84.0 Å². The molecule has 38 heavy (non-hydrogen) atoms. The largest absolute Gasteiger partial charge is 0.437 e. The number of rotatable bonds is 14. The second-order valence-electron chi connectivity index (χ2n) is 10.6. The lowest BCUT2D eigenvalue weighted by Crippen LogP contribution is -2.32. The van der Waals surface area contributed by atoms with Crippen LogP contribution in [0.3, 0.4) is 0 Å². The van der Waals surface area contributed by atoms with Crippen molar-refractivity contribution in [3.63, 3.8) is 0 Å². The van der Waals surface area contributed by atoms with E-state index in [4.69, 9.17) is 9.40 Å². The smallest absolute Gasteiger partial charge is 0.255 e. The molecule has 0 unspecified atom stereocenters. The number of nitrogens with one attached hydrogen (secondary N) is 1. The van der Waals surface area contributed by atoms with Gasteiger partial charge in [-0.15, -0.1) is 0 Å². The van der Waals surface area contributed by atoms with Gasteiger partial charge >= 0.3 is 0 Å². The number of anilines is 1. The van der Waals surface area contributed by atoms with E-state index in [0.29, 0.717) is 29.1 Å². The zero-order chi connectivity index (χ0) is 27.3. The first-order chi connectivity index (χ1) is 18.2. The van der Waals surface area contributed by atoms with Gasteiger partial charge in [-0.2, -0.15) is 4.98 Å². The summed E-state index contributed by atoms with van der Waals surface area (Å²) < 4.78 is 33.6. The Balaban J connectivity index is 1.69. The highest BCUT2D eigenvalue weighted by molar-refractivity contribution is 7.92. The number of hydrogen-bond donors (Lipinski definition) is 1. The molecular weight excluding hydrogens is 498 g/mol. The molecule has 1 amide bonds. The Morgan fingerprint density at radius 3 is 2.26 bits per heavy atom. The van der Waals surface area contributed by atoms with E-state index in [1.165, 1.54) is 42.7 Å². The van der Waals surface area contributed by atoms with Gasteiger partial charge < -0.3 is 9.73 Å². The second kappa shape index (κ2) is 12.3. The van der Waals surface area contributed by atoms with Crippen molar-refractivity contribution < 1.29 is 17.6 Å². The number of nitrogens with zero attached hydrogens (tertiary/aromatic N) is 2. The molecule has 1 fully saturated rings. The maximum atomic E-state index is 13.0. The fourth-order valence-electron chi connectivity index (χ4n) is 5.00. The molecule has 0 radical (unpaired) electrons. The van der Waals surface area contributed by atoms with Crippen LogP contribution in [-0.4, -0.2) is 39.2 Å². The standard InChI is InChI=1S/C30H41N3O4S/c1-5-6-7-8-9-10-11-12-19-33(38(4,35)36)28-24(22-17-18-22)20-25-26(29(34)31-3)27(37-30(25)32-28)23-15-13-21(2)14-16-23/h13-16,20,22H,5-12,17-19H2,1-4H3,(H,31,34). The molecule has 7 nitrogen and oxygen atoms in total. The van der Waals surface area contributed by atoms with Gasteiger partial charge in [-0.1, -0.05) is 81.7 Å². The summed E-state index contributed by atoms with van der Waals surface area (Å²) in [6.45, 7) is 4.61. The Hall–Kier alpha value is -2.87. The predicted octanol–water partition coefficient (Wildman–Crippen LogP) is 6.95. The van der Waals surface area contributed by atoms with Crippen LogP contribution < -0.4 is 9.62 Å². The monoisotopic (exact) mass is 539 g/mol. The molecule has 1 N–H and O–H groups in total. The number of benzene rings is 1. The van der Waals surface area contributed by atoms with Gasteiger partial charge in [-0.3, -0.25) is 9.10 Å². The van der Waals surface area contributed by atoms with Crippen molar-refractivity contribution in [3.05, 3.63) is 47.0 Å². The number of unbranched alkanes of at least 4 members (excludes halogenated alkanes) is 7. The van der Waals surface area contributed by atoms with E-state index in [1.54, 1.807) is 7.05 Å². The summed E-state index contributed by atoms with van der Waals surface area (Å²) in [5, 5.41) is 3.35. The topological polar surface area (TPSA) is 92.5 Å². The Bertz CT molecular complexity index is 1360. The van der Waals surface area contributed by atoms with Crippen LogP contribution in [0.2, 0.25) is 0 Å². The van der Waals surface area contributed by atoms with Crippen LogP contribution >= 0.6 is 0 Å². The van der Waals surface area contributed by atoms with Crippen LogP contribution in [-0.2, 0) is 10.0 Å². The second-order valence-corrected chi connectivity index (χ2v) is 12.5. The number of hydrogen-bond acceptors (Lipinski definition) is 5. The third-order valence-electron chi connectivity index (χ3n) is 7.33. The third-order valence-corrected chi connectivity index (χ3v) is 8.48. The van der Waals surface area contributed by atoms with Crippen LogP contribution in [0.1, 0.15) is 98.5 Å². The number of carbonyl (C=O) groups is 1. The minimum Gasteiger partial charge on any atom is -0.437 e. The average Bonchev–Trinajstić information content (AvgIpc) is 3.67. The molecule has 0 bridgehead atoms. The van der Waals surface area contributed by atoms with E-state index in [-0.39, 0.29) is 17.5 Å². The SMILES string of the molecule is CCCCCCCCCCN(c1nc2oc(-c3ccc(C)cc3)c(C(=O)NC)c2cc1C1CC1)S(C)(=O)=O. The van der Waals surface area contributed by atoms with Crippen molar-refractivity contribution in [2.75, 3.05) is 24.2 Å². The third kappa shape index (κ3) is 6.57. The van der Waals surface area contributed by atoms with Crippen molar-refractivity contribution in [1.29, 1.82) is 0 Å².